The maximum absolute atomic E-state index is 11.9. The Balaban J connectivity index is 3.11. The van der Waals surface area contributed by atoms with Crippen LogP contribution in [0.4, 0.5) is 5.69 Å². The predicted octanol–water partition coefficient (Wildman–Crippen LogP) is 2.51. The van der Waals surface area contributed by atoms with Gasteiger partial charge in [-0.05, 0) is 6.07 Å². The lowest BCUT2D eigenvalue weighted by molar-refractivity contribution is -0.384. The summed E-state index contributed by atoms with van der Waals surface area (Å²) in [4.78, 5) is 23.3. The van der Waals surface area contributed by atoms with Gasteiger partial charge in [-0.25, -0.2) is 0 Å². The summed E-state index contributed by atoms with van der Waals surface area (Å²) >= 11 is 5.84. The highest BCUT2D eigenvalue weighted by Gasteiger charge is 2.18. The van der Waals surface area contributed by atoms with Crippen LogP contribution < -0.4 is 0 Å². The summed E-state index contributed by atoms with van der Waals surface area (Å²) in [6.07, 6.45) is 1.56. The summed E-state index contributed by atoms with van der Waals surface area (Å²) in [5, 5.41) is 10.8. The van der Waals surface area contributed by atoms with Crippen LogP contribution in [0.25, 0.3) is 0 Å². The molecule has 1 rings (SSSR count). The van der Waals surface area contributed by atoms with Crippen LogP contribution in [-0.2, 0) is 0 Å². The van der Waals surface area contributed by atoms with Crippen molar-refractivity contribution >= 4 is 23.2 Å². The van der Waals surface area contributed by atoms with Crippen molar-refractivity contribution in [3.05, 3.63) is 51.6 Å². The number of hydrogen-bond acceptors (Lipinski definition) is 3. The second kappa shape index (κ2) is 5.45. The molecule has 0 radical (unpaired) electrons. The predicted molar refractivity (Wildman–Crippen MR) is 65.3 cm³/mol. The smallest absolute Gasteiger partial charge is 0.270 e. The van der Waals surface area contributed by atoms with Gasteiger partial charge in [-0.15, -0.1) is 6.58 Å². The van der Waals surface area contributed by atoms with Gasteiger partial charge in [0.2, 0.25) is 0 Å². The first-order valence-electron chi connectivity index (χ1n) is 4.77. The van der Waals surface area contributed by atoms with Gasteiger partial charge in [-0.3, -0.25) is 14.9 Å². The van der Waals surface area contributed by atoms with E-state index in [-0.39, 0.29) is 22.2 Å². The molecule has 0 atom stereocenters. The average Bonchev–Trinajstić information content (AvgIpc) is 2.28. The monoisotopic (exact) mass is 254 g/mol. The highest BCUT2D eigenvalue weighted by Crippen LogP contribution is 2.23. The summed E-state index contributed by atoms with van der Waals surface area (Å²) < 4.78 is 0. The molecule has 0 aliphatic heterocycles. The fraction of sp³-hybridized carbons (Fsp3) is 0.182. The Kier molecular flexibility index (Phi) is 4.23. The van der Waals surface area contributed by atoms with Gasteiger partial charge in [0.25, 0.3) is 11.6 Å². The van der Waals surface area contributed by atoms with Crippen molar-refractivity contribution in [2.75, 3.05) is 13.6 Å². The van der Waals surface area contributed by atoms with Crippen LogP contribution >= 0.6 is 11.6 Å². The average molecular weight is 255 g/mol. The highest BCUT2D eigenvalue weighted by atomic mass is 35.5. The molecular formula is C11H11ClN2O3. The number of benzene rings is 1. The Hall–Kier alpha value is -1.88. The van der Waals surface area contributed by atoms with Crippen LogP contribution in [0.2, 0.25) is 5.02 Å². The van der Waals surface area contributed by atoms with Crippen molar-refractivity contribution in [3.63, 3.8) is 0 Å². The Morgan fingerprint density at radius 3 is 2.82 bits per heavy atom. The van der Waals surface area contributed by atoms with Gasteiger partial charge >= 0.3 is 0 Å². The lowest BCUT2D eigenvalue weighted by Gasteiger charge is -2.15. The van der Waals surface area contributed by atoms with Gasteiger partial charge in [0, 0.05) is 25.7 Å². The summed E-state index contributed by atoms with van der Waals surface area (Å²) in [5.74, 6) is -0.376. The van der Waals surface area contributed by atoms with E-state index in [0.717, 1.165) is 0 Å². The minimum atomic E-state index is -0.569. The third-order valence-electron chi connectivity index (χ3n) is 2.14. The molecule has 5 nitrogen and oxygen atoms in total. The lowest BCUT2D eigenvalue weighted by Crippen LogP contribution is -2.27. The first-order chi connectivity index (χ1) is 7.97. The Bertz CT molecular complexity index is 474. The molecule has 0 aromatic heterocycles. The summed E-state index contributed by atoms with van der Waals surface area (Å²) in [5.41, 5.74) is -0.0463. The van der Waals surface area contributed by atoms with E-state index in [2.05, 4.69) is 6.58 Å². The van der Waals surface area contributed by atoms with Crippen LogP contribution in [0.15, 0.2) is 30.9 Å². The number of halogens is 1. The van der Waals surface area contributed by atoms with Gasteiger partial charge in [0.15, 0.2) is 0 Å². The molecular weight excluding hydrogens is 244 g/mol. The van der Waals surface area contributed by atoms with Crippen molar-refractivity contribution in [3.8, 4) is 0 Å². The van der Waals surface area contributed by atoms with E-state index in [1.54, 1.807) is 13.1 Å². The van der Waals surface area contributed by atoms with Gasteiger partial charge in [-0.2, -0.15) is 0 Å². The molecule has 0 aliphatic carbocycles. The van der Waals surface area contributed by atoms with E-state index in [0.29, 0.717) is 6.54 Å². The van der Waals surface area contributed by atoms with Gasteiger partial charge in [0.05, 0.1) is 15.5 Å². The third kappa shape index (κ3) is 3.04. The van der Waals surface area contributed by atoms with Crippen LogP contribution in [0.1, 0.15) is 10.4 Å². The lowest BCUT2D eigenvalue weighted by atomic mass is 10.1. The quantitative estimate of drug-likeness (QED) is 0.471. The first-order valence-corrected chi connectivity index (χ1v) is 5.15. The summed E-state index contributed by atoms with van der Waals surface area (Å²) in [6.45, 7) is 3.85. The van der Waals surface area contributed by atoms with Crippen molar-refractivity contribution < 1.29 is 9.72 Å². The molecule has 1 aromatic carbocycles. The van der Waals surface area contributed by atoms with Crippen LogP contribution in [0.5, 0.6) is 0 Å². The molecule has 1 amide bonds. The number of carbonyl (C=O) groups is 1. The van der Waals surface area contributed by atoms with Crippen molar-refractivity contribution in [1.82, 2.24) is 4.90 Å². The van der Waals surface area contributed by atoms with E-state index in [4.69, 9.17) is 11.6 Å². The zero-order valence-corrected chi connectivity index (χ0v) is 9.98. The number of nitro groups is 1. The Morgan fingerprint density at radius 1 is 1.65 bits per heavy atom. The molecule has 17 heavy (non-hydrogen) atoms. The fourth-order valence-corrected chi connectivity index (χ4v) is 1.47. The highest BCUT2D eigenvalue weighted by molar-refractivity contribution is 6.33. The molecule has 6 heteroatoms. The van der Waals surface area contributed by atoms with Crippen molar-refractivity contribution in [1.29, 1.82) is 0 Å². The maximum atomic E-state index is 11.9. The van der Waals surface area contributed by atoms with E-state index in [1.807, 2.05) is 0 Å². The molecule has 0 spiro atoms. The molecule has 0 saturated carbocycles. The maximum Gasteiger partial charge on any atom is 0.270 e. The molecule has 0 bridgehead atoms. The topological polar surface area (TPSA) is 63.5 Å². The first kappa shape index (κ1) is 13.2. The molecule has 90 valence electrons. The molecule has 0 fully saturated rings. The summed E-state index contributed by atoms with van der Waals surface area (Å²) in [6, 6.07) is 3.77. The molecule has 0 N–H and O–H groups in total. The number of hydrogen-bond donors (Lipinski definition) is 0. The number of carbonyl (C=O) groups excluding carboxylic acids is 1. The van der Waals surface area contributed by atoms with Gasteiger partial charge < -0.3 is 4.90 Å². The Labute approximate surface area is 103 Å². The molecule has 0 aliphatic rings. The van der Waals surface area contributed by atoms with E-state index in [9.17, 15) is 14.9 Å². The SMILES string of the molecule is C=CCN(C)C(=O)c1cc([N+](=O)[O-])ccc1Cl. The number of non-ortho nitro benzene ring substituents is 1. The number of rotatable bonds is 4. The number of nitro benzene ring substituents is 1. The third-order valence-corrected chi connectivity index (χ3v) is 2.47. The second-order valence-corrected chi connectivity index (χ2v) is 3.80. The number of likely N-dealkylation sites (N-methyl/N-ethyl adjacent to an activating group) is 1. The fourth-order valence-electron chi connectivity index (χ4n) is 1.27. The van der Waals surface area contributed by atoms with E-state index >= 15 is 0 Å². The minimum absolute atomic E-state index is 0.116. The second-order valence-electron chi connectivity index (χ2n) is 3.40. The van der Waals surface area contributed by atoms with Gasteiger partial charge in [0.1, 0.15) is 0 Å². The largest absolute Gasteiger partial charge is 0.338 e. The minimum Gasteiger partial charge on any atom is -0.338 e. The molecule has 0 heterocycles. The Morgan fingerprint density at radius 2 is 2.29 bits per heavy atom. The van der Waals surface area contributed by atoms with Crippen LogP contribution in [-0.4, -0.2) is 29.3 Å². The number of nitrogens with zero attached hydrogens (tertiary/aromatic N) is 2. The molecule has 0 unspecified atom stereocenters. The molecule has 0 saturated heterocycles. The summed E-state index contributed by atoms with van der Waals surface area (Å²) in [7, 11) is 1.57. The van der Waals surface area contributed by atoms with Crippen LogP contribution in [0, 0.1) is 10.1 Å². The normalized spacial score (nSPS) is 9.76. The van der Waals surface area contributed by atoms with Gasteiger partial charge in [-0.1, -0.05) is 17.7 Å². The van der Waals surface area contributed by atoms with E-state index in [1.165, 1.54) is 23.1 Å². The van der Waals surface area contributed by atoms with Crippen molar-refractivity contribution in [2.45, 2.75) is 0 Å². The zero-order valence-electron chi connectivity index (χ0n) is 9.22. The van der Waals surface area contributed by atoms with Crippen LogP contribution in [0.3, 0.4) is 0 Å². The standard InChI is InChI=1S/C11H11ClN2O3/c1-3-6-13(2)11(15)9-7-8(14(16)17)4-5-10(9)12/h3-5,7H,1,6H2,2H3. The zero-order chi connectivity index (χ0) is 13.0. The number of amides is 1. The molecule has 1 aromatic rings. The van der Waals surface area contributed by atoms with Crippen molar-refractivity contribution in [2.24, 2.45) is 0 Å². The van der Waals surface area contributed by atoms with E-state index < -0.39 is 4.92 Å².